The van der Waals surface area contributed by atoms with Crippen LogP contribution in [0.25, 0.3) is 0 Å². The lowest BCUT2D eigenvalue weighted by molar-refractivity contribution is 0.0599. The fraction of sp³-hybridized carbons (Fsp3) is 0.625. The number of hydrogen-bond acceptors (Lipinski definition) is 4. The average molecular weight is 200 g/mol. The average Bonchev–Trinajstić information content (AvgIpc) is 2.50. The third-order valence-electron chi connectivity index (χ3n) is 1.58. The minimum atomic E-state index is -0.374. The molecule has 0 spiro atoms. The van der Waals surface area contributed by atoms with Crippen molar-refractivity contribution in [3.05, 3.63) is 10.9 Å². The lowest BCUT2D eigenvalue weighted by Gasteiger charge is -2.13. The van der Waals surface area contributed by atoms with E-state index in [1.807, 2.05) is 0 Å². The molecule has 0 aliphatic carbocycles. The number of esters is 1. The lowest BCUT2D eigenvalue weighted by atomic mass is 9.98. The monoisotopic (exact) mass is 200 g/mol. The molecule has 0 N–H and O–H groups in total. The molecule has 72 valence electrons. The first-order valence-electron chi connectivity index (χ1n) is 3.96. The normalized spacial score (nSPS) is 12.0. The zero-order valence-corrected chi connectivity index (χ0v) is 9.21. The summed E-state index contributed by atoms with van der Waals surface area (Å²) in [7, 11) is 1.61. The maximum Gasteiger partial charge on any atom is 0.362 e. The third kappa shape index (κ3) is 2.28. The molecule has 13 heavy (non-hydrogen) atoms. The van der Waals surface area contributed by atoms with E-state index in [0.29, 0.717) is 5.43 Å². The Hall–Kier alpha value is -0.890. The van der Waals surface area contributed by atoms with Gasteiger partial charge in [0.2, 0.25) is 0 Å². The van der Waals surface area contributed by atoms with E-state index < -0.39 is 0 Å². The predicted molar refractivity (Wildman–Crippen MR) is 51.6 cm³/mol. The van der Waals surface area contributed by atoms with Gasteiger partial charge in [0, 0.05) is 5.41 Å². The summed E-state index contributed by atoms with van der Waals surface area (Å²) >= 11 is 0. The van der Waals surface area contributed by atoms with E-state index in [2.05, 4.69) is 35.7 Å². The molecule has 0 bridgehead atoms. The molecular weight excluding hydrogens is 187 g/mol. The second kappa shape index (κ2) is 3.46. The summed E-state index contributed by atoms with van der Waals surface area (Å²) in [6.45, 7) is 6.15. The van der Waals surface area contributed by atoms with Crippen LogP contribution in [0.4, 0.5) is 0 Å². The summed E-state index contributed by atoms with van der Waals surface area (Å²) in [5.74, 6) is -0.374. The van der Waals surface area contributed by atoms with Crippen molar-refractivity contribution < 1.29 is 9.53 Å². The molecule has 1 heterocycles. The Morgan fingerprint density at radius 2 is 2.00 bits per heavy atom. The van der Waals surface area contributed by atoms with Crippen molar-refractivity contribution in [3.8, 4) is 0 Å². The SMILES string of the molecule is COC(=O)c1nnc(C(C)(C)C)[pH]1. The number of methoxy groups -OCH3 is 1. The molecule has 0 saturated heterocycles. The summed E-state index contributed by atoms with van der Waals surface area (Å²) in [6.07, 6.45) is 0. The largest absolute Gasteiger partial charge is 0.464 e. The Labute approximate surface area is 78.8 Å². The van der Waals surface area contributed by atoms with Gasteiger partial charge in [0.05, 0.1) is 12.5 Å². The Morgan fingerprint density at radius 1 is 1.38 bits per heavy atom. The second-order valence-electron chi connectivity index (χ2n) is 3.76. The van der Waals surface area contributed by atoms with Crippen molar-refractivity contribution >= 4 is 14.2 Å². The lowest BCUT2D eigenvalue weighted by Crippen LogP contribution is -2.09. The van der Waals surface area contributed by atoms with Crippen molar-refractivity contribution in [2.75, 3.05) is 7.11 Å². The minimum Gasteiger partial charge on any atom is -0.464 e. The summed E-state index contributed by atoms with van der Waals surface area (Å²) in [6, 6.07) is 0. The number of carbonyl (C=O) groups is 1. The molecule has 1 atom stereocenters. The van der Waals surface area contributed by atoms with E-state index in [9.17, 15) is 4.79 Å². The van der Waals surface area contributed by atoms with E-state index in [0.717, 1.165) is 5.43 Å². The number of rotatable bonds is 1. The second-order valence-corrected chi connectivity index (χ2v) is 4.96. The van der Waals surface area contributed by atoms with E-state index in [1.165, 1.54) is 7.11 Å². The van der Waals surface area contributed by atoms with Gasteiger partial charge in [-0.15, -0.1) is 10.2 Å². The first-order chi connectivity index (χ1) is 5.95. The van der Waals surface area contributed by atoms with Gasteiger partial charge in [0.25, 0.3) is 0 Å². The molecule has 1 aromatic rings. The highest BCUT2D eigenvalue weighted by molar-refractivity contribution is 7.33. The zero-order valence-electron chi connectivity index (χ0n) is 8.21. The van der Waals surface area contributed by atoms with Gasteiger partial charge in [-0.2, -0.15) is 0 Å². The Bertz CT molecular complexity index is 314. The fourth-order valence-electron chi connectivity index (χ4n) is 0.788. The molecule has 0 amide bonds. The van der Waals surface area contributed by atoms with Gasteiger partial charge in [-0.1, -0.05) is 29.0 Å². The fourth-order valence-corrected chi connectivity index (χ4v) is 1.79. The van der Waals surface area contributed by atoms with E-state index in [-0.39, 0.29) is 19.6 Å². The maximum absolute atomic E-state index is 11.1. The van der Waals surface area contributed by atoms with Gasteiger partial charge in [-0.3, -0.25) is 0 Å². The third-order valence-corrected chi connectivity index (χ3v) is 3.20. The van der Waals surface area contributed by atoms with Crippen LogP contribution in [0.5, 0.6) is 0 Å². The number of hydrogen-bond donors (Lipinski definition) is 0. The predicted octanol–water partition coefficient (Wildman–Crippen LogP) is 1.59. The van der Waals surface area contributed by atoms with Gasteiger partial charge in [-0.05, 0) is 0 Å². The summed E-state index contributed by atoms with van der Waals surface area (Å²) < 4.78 is 4.56. The smallest absolute Gasteiger partial charge is 0.362 e. The van der Waals surface area contributed by atoms with Crippen LogP contribution in [0.2, 0.25) is 0 Å². The molecule has 1 unspecified atom stereocenters. The quantitative estimate of drug-likeness (QED) is 0.646. The molecule has 0 aromatic carbocycles. The molecule has 5 heteroatoms. The molecule has 4 nitrogen and oxygen atoms in total. The molecule has 0 fully saturated rings. The zero-order chi connectivity index (χ0) is 10.1. The standard InChI is InChI=1S/C8H13N2O2P/c1-8(2,3)7-10-9-5(13-7)6(11)12-4/h13H,1-4H3. The first kappa shape index (κ1) is 10.2. The van der Waals surface area contributed by atoms with E-state index in [4.69, 9.17) is 0 Å². The van der Waals surface area contributed by atoms with Crippen molar-refractivity contribution in [1.29, 1.82) is 0 Å². The summed E-state index contributed by atoms with van der Waals surface area (Å²) in [5.41, 5.74) is 1.36. The molecule has 1 rings (SSSR count). The number of nitrogens with zero attached hydrogens (tertiary/aromatic N) is 2. The number of ether oxygens (including phenoxy) is 1. The van der Waals surface area contributed by atoms with Crippen molar-refractivity contribution in [2.45, 2.75) is 26.2 Å². The molecule has 0 radical (unpaired) electrons. The topological polar surface area (TPSA) is 52.1 Å². The minimum absolute atomic E-state index is 0.0162. The Morgan fingerprint density at radius 3 is 2.38 bits per heavy atom. The molecule has 0 aliphatic rings. The van der Waals surface area contributed by atoms with Gasteiger partial charge in [0.15, 0.2) is 5.43 Å². The Balaban J connectivity index is 2.93. The van der Waals surface area contributed by atoms with Crippen molar-refractivity contribution in [1.82, 2.24) is 10.2 Å². The van der Waals surface area contributed by atoms with Crippen LogP contribution in [0.1, 0.15) is 36.4 Å². The highest BCUT2D eigenvalue weighted by atomic mass is 31.0. The number of aromatic nitrogens is 2. The summed E-state index contributed by atoms with van der Waals surface area (Å²) in [4.78, 5) is 11.1. The molecule has 0 aliphatic heterocycles. The van der Waals surface area contributed by atoms with Crippen LogP contribution >= 0.6 is 8.19 Å². The number of carbonyl (C=O) groups excluding carboxylic acids is 1. The molecule has 0 saturated carbocycles. The Kier molecular flexibility index (Phi) is 2.71. The van der Waals surface area contributed by atoms with Gasteiger partial charge in [0.1, 0.15) is 0 Å². The van der Waals surface area contributed by atoms with Gasteiger partial charge >= 0.3 is 5.97 Å². The van der Waals surface area contributed by atoms with Gasteiger partial charge < -0.3 is 4.74 Å². The highest BCUT2D eigenvalue weighted by Gasteiger charge is 2.20. The van der Waals surface area contributed by atoms with Crippen LogP contribution in [0.15, 0.2) is 0 Å². The van der Waals surface area contributed by atoms with E-state index >= 15 is 0 Å². The van der Waals surface area contributed by atoms with E-state index in [1.54, 1.807) is 0 Å². The molecule has 1 aromatic heterocycles. The highest BCUT2D eigenvalue weighted by Crippen LogP contribution is 2.29. The molecular formula is C8H13N2O2P. The maximum atomic E-state index is 11.1. The van der Waals surface area contributed by atoms with Crippen molar-refractivity contribution in [2.24, 2.45) is 0 Å². The summed E-state index contributed by atoms with van der Waals surface area (Å²) in [5, 5.41) is 7.77. The van der Waals surface area contributed by atoms with Crippen LogP contribution in [-0.2, 0) is 10.2 Å². The van der Waals surface area contributed by atoms with Crippen molar-refractivity contribution in [3.63, 3.8) is 0 Å². The first-order valence-corrected chi connectivity index (χ1v) is 4.96. The van der Waals surface area contributed by atoms with Crippen LogP contribution in [0, 0.1) is 0 Å². The van der Waals surface area contributed by atoms with Crippen LogP contribution in [0.3, 0.4) is 0 Å². The van der Waals surface area contributed by atoms with Crippen LogP contribution < -0.4 is 0 Å². The van der Waals surface area contributed by atoms with Gasteiger partial charge in [-0.25, -0.2) is 4.79 Å². The van der Waals surface area contributed by atoms with Crippen LogP contribution in [-0.4, -0.2) is 23.3 Å².